The zero-order valence-corrected chi connectivity index (χ0v) is 12.1. The molecule has 2 N–H and O–H groups in total. The second kappa shape index (κ2) is 4.73. The summed E-state index contributed by atoms with van der Waals surface area (Å²) in [6, 6.07) is 13.1. The SMILES string of the molecule is NC1(Cc2ccc(F)cc2Br)CCc2ccccc21. The molecule has 19 heavy (non-hydrogen) atoms. The molecule has 0 aliphatic heterocycles. The molecule has 0 spiro atoms. The standard InChI is InChI=1S/C16H15BrFN/c17-15-9-13(18)6-5-12(15)10-16(19)8-7-11-3-1-2-4-14(11)16/h1-6,9H,7-8,10,19H2. The molecule has 0 saturated heterocycles. The van der Waals surface area contributed by atoms with Gasteiger partial charge in [-0.1, -0.05) is 46.3 Å². The molecule has 0 radical (unpaired) electrons. The lowest BCUT2D eigenvalue weighted by molar-refractivity contribution is 0.438. The summed E-state index contributed by atoms with van der Waals surface area (Å²) in [4.78, 5) is 0. The topological polar surface area (TPSA) is 26.0 Å². The Morgan fingerprint density at radius 2 is 2.00 bits per heavy atom. The lowest BCUT2D eigenvalue weighted by Gasteiger charge is -2.26. The number of nitrogens with two attached hydrogens (primary N) is 1. The first kappa shape index (κ1) is 12.8. The van der Waals surface area contributed by atoms with Gasteiger partial charge in [-0.05, 0) is 48.1 Å². The van der Waals surface area contributed by atoms with Crippen molar-refractivity contribution in [2.45, 2.75) is 24.8 Å². The molecule has 1 aliphatic rings. The third kappa shape index (κ3) is 2.33. The van der Waals surface area contributed by atoms with Crippen LogP contribution in [0, 0.1) is 5.82 Å². The fourth-order valence-electron chi connectivity index (χ4n) is 2.90. The summed E-state index contributed by atoms with van der Waals surface area (Å²) in [7, 11) is 0. The Labute approximate surface area is 120 Å². The van der Waals surface area contributed by atoms with Gasteiger partial charge < -0.3 is 5.73 Å². The largest absolute Gasteiger partial charge is 0.321 e. The fourth-order valence-corrected chi connectivity index (χ4v) is 3.40. The summed E-state index contributed by atoms with van der Waals surface area (Å²) in [5, 5.41) is 0. The first-order valence-corrected chi connectivity index (χ1v) is 7.19. The van der Waals surface area contributed by atoms with Crippen LogP contribution in [0.4, 0.5) is 4.39 Å². The molecule has 1 atom stereocenters. The molecule has 0 fully saturated rings. The molecular formula is C16H15BrFN. The maximum atomic E-state index is 13.1. The second-order valence-electron chi connectivity index (χ2n) is 5.23. The second-order valence-corrected chi connectivity index (χ2v) is 6.08. The van der Waals surface area contributed by atoms with Crippen molar-refractivity contribution in [2.75, 3.05) is 0 Å². The van der Waals surface area contributed by atoms with E-state index in [0.29, 0.717) is 0 Å². The van der Waals surface area contributed by atoms with E-state index >= 15 is 0 Å². The predicted molar refractivity (Wildman–Crippen MR) is 78.4 cm³/mol. The van der Waals surface area contributed by atoms with Gasteiger partial charge in [0.05, 0.1) is 0 Å². The zero-order valence-electron chi connectivity index (χ0n) is 10.5. The van der Waals surface area contributed by atoms with E-state index in [0.717, 1.165) is 29.3 Å². The van der Waals surface area contributed by atoms with Gasteiger partial charge in [0.15, 0.2) is 0 Å². The van der Waals surface area contributed by atoms with Gasteiger partial charge in [-0.25, -0.2) is 4.39 Å². The van der Waals surface area contributed by atoms with Gasteiger partial charge in [-0.3, -0.25) is 0 Å². The van der Waals surface area contributed by atoms with Crippen LogP contribution in [-0.2, 0) is 18.4 Å². The van der Waals surface area contributed by atoms with Gasteiger partial charge in [0.25, 0.3) is 0 Å². The molecular weight excluding hydrogens is 305 g/mol. The van der Waals surface area contributed by atoms with Crippen molar-refractivity contribution >= 4 is 15.9 Å². The first-order chi connectivity index (χ1) is 9.08. The van der Waals surface area contributed by atoms with Crippen molar-refractivity contribution in [1.82, 2.24) is 0 Å². The number of benzene rings is 2. The van der Waals surface area contributed by atoms with E-state index in [-0.39, 0.29) is 11.4 Å². The van der Waals surface area contributed by atoms with E-state index < -0.39 is 0 Å². The molecule has 0 aromatic heterocycles. The Balaban J connectivity index is 1.95. The van der Waals surface area contributed by atoms with Gasteiger partial charge in [0.1, 0.15) is 5.82 Å². The first-order valence-electron chi connectivity index (χ1n) is 6.40. The van der Waals surface area contributed by atoms with Gasteiger partial charge in [-0.15, -0.1) is 0 Å². The van der Waals surface area contributed by atoms with Gasteiger partial charge >= 0.3 is 0 Å². The highest BCUT2D eigenvalue weighted by atomic mass is 79.9. The number of hydrogen-bond acceptors (Lipinski definition) is 1. The van der Waals surface area contributed by atoms with Crippen molar-refractivity contribution in [1.29, 1.82) is 0 Å². The summed E-state index contributed by atoms with van der Waals surface area (Å²) in [6.45, 7) is 0. The van der Waals surface area contributed by atoms with Crippen LogP contribution in [0.3, 0.4) is 0 Å². The van der Waals surface area contributed by atoms with E-state index in [1.807, 2.05) is 12.1 Å². The quantitative estimate of drug-likeness (QED) is 0.891. The van der Waals surface area contributed by atoms with E-state index in [9.17, 15) is 4.39 Å². The summed E-state index contributed by atoms with van der Waals surface area (Å²) in [6.07, 6.45) is 2.69. The van der Waals surface area contributed by atoms with Crippen molar-refractivity contribution in [2.24, 2.45) is 5.73 Å². The molecule has 1 aliphatic carbocycles. The van der Waals surface area contributed by atoms with Crippen molar-refractivity contribution in [3.63, 3.8) is 0 Å². The van der Waals surface area contributed by atoms with Crippen molar-refractivity contribution in [3.8, 4) is 0 Å². The number of fused-ring (bicyclic) bond motifs is 1. The fraction of sp³-hybridized carbons (Fsp3) is 0.250. The van der Waals surface area contributed by atoms with Crippen molar-refractivity contribution in [3.05, 3.63) is 69.4 Å². The van der Waals surface area contributed by atoms with E-state index in [2.05, 4.69) is 34.1 Å². The molecule has 2 aromatic carbocycles. The third-order valence-electron chi connectivity index (χ3n) is 3.92. The minimum atomic E-state index is -0.336. The lowest BCUT2D eigenvalue weighted by Crippen LogP contribution is -2.36. The van der Waals surface area contributed by atoms with E-state index in [1.165, 1.54) is 23.3 Å². The molecule has 0 heterocycles. The predicted octanol–water partition coefficient (Wildman–Crippen LogP) is 3.93. The Hall–Kier alpha value is -1.19. The van der Waals surface area contributed by atoms with Crippen LogP contribution in [0.1, 0.15) is 23.1 Å². The Morgan fingerprint density at radius 3 is 2.79 bits per heavy atom. The Bertz CT molecular complexity index is 626. The highest BCUT2D eigenvalue weighted by molar-refractivity contribution is 9.10. The third-order valence-corrected chi connectivity index (χ3v) is 4.65. The Morgan fingerprint density at radius 1 is 1.21 bits per heavy atom. The molecule has 0 saturated carbocycles. The van der Waals surface area contributed by atoms with Crippen molar-refractivity contribution < 1.29 is 4.39 Å². The number of aryl methyl sites for hydroxylation is 1. The molecule has 3 heteroatoms. The lowest BCUT2D eigenvalue weighted by atomic mass is 9.86. The molecule has 98 valence electrons. The number of rotatable bonds is 2. The van der Waals surface area contributed by atoms with Crippen LogP contribution in [0.5, 0.6) is 0 Å². The smallest absolute Gasteiger partial charge is 0.124 e. The van der Waals surface area contributed by atoms with Gasteiger partial charge in [0, 0.05) is 10.0 Å². The zero-order chi connectivity index (χ0) is 13.5. The highest BCUT2D eigenvalue weighted by Crippen LogP contribution is 2.38. The Kier molecular flexibility index (Phi) is 3.19. The molecule has 1 nitrogen and oxygen atoms in total. The highest BCUT2D eigenvalue weighted by Gasteiger charge is 2.35. The summed E-state index contributed by atoms with van der Waals surface area (Å²) >= 11 is 3.42. The molecule has 2 aromatic rings. The maximum absolute atomic E-state index is 13.1. The van der Waals surface area contributed by atoms with Crippen LogP contribution in [0.15, 0.2) is 46.9 Å². The number of halogens is 2. The number of hydrogen-bond donors (Lipinski definition) is 1. The maximum Gasteiger partial charge on any atom is 0.124 e. The van der Waals surface area contributed by atoms with Crippen LogP contribution in [-0.4, -0.2) is 0 Å². The molecule has 1 unspecified atom stereocenters. The van der Waals surface area contributed by atoms with Crippen LogP contribution >= 0.6 is 15.9 Å². The normalized spacial score (nSPS) is 21.4. The average molecular weight is 320 g/mol. The van der Waals surface area contributed by atoms with E-state index in [4.69, 9.17) is 5.73 Å². The summed E-state index contributed by atoms with van der Waals surface area (Å²) in [5.74, 6) is -0.228. The van der Waals surface area contributed by atoms with E-state index in [1.54, 1.807) is 0 Å². The minimum absolute atomic E-state index is 0.228. The minimum Gasteiger partial charge on any atom is -0.321 e. The molecule has 3 rings (SSSR count). The summed E-state index contributed by atoms with van der Waals surface area (Å²) < 4.78 is 13.9. The average Bonchev–Trinajstić information content (AvgIpc) is 2.72. The molecule has 0 amide bonds. The van der Waals surface area contributed by atoms with Crippen LogP contribution in [0.2, 0.25) is 0 Å². The monoisotopic (exact) mass is 319 g/mol. The van der Waals surface area contributed by atoms with Crippen LogP contribution < -0.4 is 5.73 Å². The van der Waals surface area contributed by atoms with Crippen LogP contribution in [0.25, 0.3) is 0 Å². The molecule has 0 bridgehead atoms. The van der Waals surface area contributed by atoms with Gasteiger partial charge in [-0.2, -0.15) is 0 Å². The summed E-state index contributed by atoms with van der Waals surface area (Å²) in [5.41, 5.74) is 9.88. The van der Waals surface area contributed by atoms with Gasteiger partial charge in [0.2, 0.25) is 0 Å².